The third-order valence-corrected chi connectivity index (χ3v) is 6.88. The van der Waals surface area contributed by atoms with Crippen LogP contribution in [0, 0.1) is 12.7 Å². The second-order valence-electron chi connectivity index (χ2n) is 8.28. The highest BCUT2D eigenvalue weighted by Crippen LogP contribution is 2.47. The molecule has 0 amide bonds. The predicted octanol–water partition coefficient (Wildman–Crippen LogP) is 6.45. The summed E-state index contributed by atoms with van der Waals surface area (Å²) in [4.78, 5) is 2.53. The van der Waals surface area contributed by atoms with Gasteiger partial charge in [0.25, 0.3) is 0 Å². The van der Waals surface area contributed by atoms with Crippen molar-refractivity contribution < 1.29 is 4.39 Å². The first-order valence-corrected chi connectivity index (χ1v) is 10.3. The number of fused-ring (bicyclic) bond motifs is 6. The van der Waals surface area contributed by atoms with Crippen LogP contribution >= 0.6 is 11.6 Å². The number of aromatic nitrogens is 1. The normalized spacial score (nSPS) is 22.1. The number of likely N-dealkylation sites (N-methyl/N-ethyl adjacent to an activating group) is 1. The van der Waals surface area contributed by atoms with E-state index in [4.69, 9.17) is 11.6 Å². The molecule has 28 heavy (non-hydrogen) atoms. The molecule has 0 saturated carbocycles. The predicted molar refractivity (Wildman–Crippen MR) is 115 cm³/mol. The van der Waals surface area contributed by atoms with Crippen LogP contribution < -0.4 is 0 Å². The summed E-state index contributed by atoms with van der Waals surface area (Å²) >= 11 is 6.37. The fourth-order valence-electron chi connectivity index (χ4n) is 5.08. The van der Waals surface area contributed by atoms with Gasteiger partial charge in [0.1, 0.15) is 5.82 Å². The molecule has 5 rings (SSSR count). The molecule has 2 aliphatic rings. The van der Waals surface area contributed by atoms with Crippen molar-refractivity contribution in [3.63, 3.8) is 0 Å². The van der Waals surface area contributed by atoms with Crippen LogP contribution in [0.4, 0.5) is 4.39 Å². The summed E-state index contributed by atoms with van der Waals surface area (Å²) in [7, 11) is 2.25. The summed E-state index contributed by atoms with van der Waals surface area (Å²) < 4.78 is 16.1. The maximum Gasteiger partial charge on any atom is 0.126 e. The minimum Gasteiger partial charge on any atom is -0.320 e. The van der Waals surface area contributed by atoms with Gasteiger partial charge in [0, 0.05) is 40.8 Å². The number of allylic oxidation sites excluding steroid dienone is 1. The zero-order valence-corrected chi connectivity index (χ0v) is 17.2. The Morgan fingerprint density at radius 3 is 2.79 bits per heavy atom. The van der Waals surface area contributed by atoms with Crippen LogP contribution in [-0.4, -0.2) is 22.6 Å². The maximum absolute atomic E-state index is 13.7. The van der Waals surface area contributed by atoms with Gasteiger partial charge in [-0.3, -0.25) is 4.90 Å². The molecule has 2 bridgehead atoms. The SMILES string of the molecule is C/C(=C\n1c2c(c3cc(Cl)ccc31)C1CCC(C2)N1C)c1ccc(F)c(C)c1. The number of hydrogen-bond donors (Lipinski definition) is 0. The van der Waals surface area contributed by atoms with Crippen LogP contribution in [0.5, 0.6) is 0 Å². The first-order chi connectivity index (χ1) is 13.4. The molecule has 2 unspecified atom stereocenters. The second kappa shape index (κ2) is 6.47. The van der Waals surface area contributed by atoms with Crippen LogP contribution in [0.25, 0.3) is 22.7 Å². The molecule has 0 radical (unpaired) electrons. The summed E-state index contributed by atoms with van der Waals surface area (Å²) in [6.45, 7) is 3.92. The molecular weight excluding hydrogens is 371 g/mol. The summed E-state index contributed by atoms with van der Waals surface area (Å²) in [5.74, 6) is -0.158. The van der Waals surface area contributed by atoms with Crippen molar-refractivity contribution in [2.45, 2.75) is 45.2 Å². The Morgan fingerprint density at radius 1 is 1.18 bits per heavy atom. The van der Waals surface area contributed by atoms with Gasteiger partial charge in [-0.1, -0.05) is 17.7 Å². The number of hydrogen-bond acceptors (Lipinski definition) is 1. The highest BCUT2D eigenvalue weighted by molar-refractivity contribution is 6.31. The monoisotopic (exact) mass is 394 g/mol. The molecule has 0 spiro atoms. The van der Waals surface area contributed by atoms with Crippen LogP contribution in [-0.2, 0) is 6.42 Å². The molecule has 2 aliphatic heterocycles. The molecule has 0 aliphatic carbocycles. The molecule has 4 heteroatoms. The quantitative estimate of drug-likeness (QED) is 0.484. The molecule has 0 N–H and O–H groups in total. The van der Waals surface area contributed by atoms with Gasteiger partial charge in [0.05, 0.1) is 5.52 Å². The summed E-state index contributed by atoms with van der Waals surface area (Å²) in [5.41, 5.74) is 6.90. The smallest absolute Gasteiger partial charge is 0.126 e. The highest BCUT2D eigenvalue weighted by atomic mass is 35.5. The van der Waals surface area contributed by atoms with Gasteiger partial charge in [-0.2, -0.15) is 0 Å². The summed E-state index contributed by atoms with van der Waals surface area (Å²) in [6, 6.07) is 12.6. The van der Waals surface area contributed by atoms with Crippen LogP contribution in [0.3, 0.4) is 0 Å². The second-order valence-corrected chi connectivity index (χ2v) is 8.72. The number of aryl methyl sites for hydroxylation is 1. The van der Waals surface area contributed by atoms with E-state index >= 15 is 0 Å². The third kappa shape index (κ3) is 2.64. The molecule has 2 aromatic carbocycles. The molecular formula is C24H24ClFN2. The maximum atomic E-state index is 13.7. The van der Waals surface area contributed by atoms with Crippen molar-refractivity contribution in [2.24, 2.45) is 0 Å². The van der Waals surface area contributed by atoms with Gasteiger partial charge in [0.2, 0.25) is 0 Å². The summed E-state index contributed by atoms with van der Waals surface area (Å²) in [6.07, 6.45) is 5.73. The average molecular weight is 395 g/mol. The first kappa shape index (κ1) is 18.0. The van der Waals surface area contributed by atoms with E-state index in [9.17, 15) is 4.39 Å². The van der Waals surface area contributed by atoms with Crippen molar-refractivity contribution in [1.29, 1.82) is 0 Å². The molecule has 2 atom stereocenters. The third-order valence-electron chi connectivity index (χ3n) is 6.65. The standard InChI is InChI=1S/C24H24ClFN2/c1-14-10-16(4-7-20(14)26)15(2)13-28-21-8-5-17(25)11-19(21)24-22-9-6-18(27(22)3)12-23(24)28/h4-5,7-8,10-11,13,18,22H,6,9,12H2,1-3H3/b15-13+. The van der Waals surface area contributed by atoms with E-state index < -0.39 is 0 Å². The zero-order chi connectivity index (χ0) is 19.6. The topological polar surface area (TPSA) is 8.17 Å². The molecule has 3 heterocycles. The average Bonchev–Trinajstić information content (AvgIpc) is 3.07. The van der Waals surface area contributed by atoms with Gasteiger partial charge in [0.15, 0.2) is 0 Å². The molecule has 2 nitrogen and oxygen atoms in total. The Morgan fingerprint density at radius 2 is 2.00 bits per heavy atom. The number of nitrogens with zero attached hydrogens (tertiary/aromatic N) is 2. The van der Waals surface area contributed by atoms with E-state index in [1.54, 1.807) is 6.07 Å². The largest absolute Gasteiger partial charge is 0.320 e. The lowest BCUT2D eigenvalue weighted by atomic mass is 9.97. The fourth-order valence-corrected chi connectivity index (χ4v) is 5.25. The number of halogens is 2. The molecule has 1 aromatic heterocycles. The van der Waals surface area contributed by atoms with Gasteiger partial charge in [-0.15, -0.1) is 0 Å². The molecule has 3 aromatic rings. The van der Waals surface area contributed by atoms with Crippen LogP contribution in [0.1, 0.15) is 48.2 Å². The molecule has 1 saturated heterocycles. The van der Waals surface area contributed by atoms with Crippen molar-refractivity contribution >= 4 is 34.3 Å². The Kier molecular flexibility index (Phi) is 4.15. The van der Waals surface area contributed by atoms with Crippen molar-refractivity contribution in [1.82, 2.24) is 9.47 Å². The minimum absolute atomic E-state index is 0.158. The Bertz CT molecular complexity index is 1130. The van der Waals surface area contributed by atoms with Crippen molar-refractivity contribution in [3.8, 4) is 0 Å². The van der Waals surface area contributed by atoms with Crippen molar-refractivity contribution in [3.05, 3.63) is 69.6 Å². The molecule has 144 valence electrons. The van der Waals surface area contributed by atoms with Crippen LogP contribution in [0.15, 0.2) is 36.4 Å². The van der Waals surface area contributed by atoms with E-state index in [0.29, 0.717) is 17.6 Å². The summed E-state index contributed by atoms with van der Waals surface area (Å²) in [5, 5.41) is 2.05. The van der Waals surface area contributed by atoms with Gasteiger partial charge in [-0.05, 0) is 86.3 Å². The van der Waals surface area contributed by atoms with E-state index in [2.05, 4.69) is 41.8 Å². The minimum atomic E-state index is -0.158. The Balaban J connectivity index is 1.72. The lowest BCUT2D eigenvalue weighted by Crippen LogP contribution is -2.34. The Hall–Kier alpha value is -2.10. The van der Waals surface area contributed by atoms with E-state index in [0.717, 1.165) is 22.6 Å². The lowest BCUT2D eigenvalue weighted by molar-refractivity contribution is 0.223. The van der Waals surface area contributed by atoms with Crippen molar-refractivity contribution in [2.75, 3.05) is 7.05 Å². The van der Waals surface area contributed by atoms with Gasteiger partial charge < -0.3 is 4.57 Å². The van der Waals surface area contributed by atoms with Gasteiger partial charge >= 0.3 is 0 Å². The lowest BCUT2D eigenvalue weighted by Gasteiger charge is -2.32. The van der Waals surface area contributed by atoms with E-state index in [1.807, 2.05) is 25.1 Å². The zero-order valence-electron chi connectivity index (χ0n) is 16.5. The first-order valence-electron chi connectivity index (χ1n) is 9.93. The van der Waals surface area contributed by atoms with E-state index in [1.165, 1.54) is 35.0 Å². The number of rotatable bonds is 2. The Labute approximate surface area is 170 Å². The van der Waals surface area contributed by atoms with Crippen LogP contribution in [0.2, 0.25) is 5.02 Å². The number of benzene rings is 2. The molecule has 1 fully saturated rings. The van der Waals surface area contributed by atoms with E-state index in [-0.39, 0.29) is 5.82 Å². The highest BCUT2D eigenvalue weighted by Gasteiger charge is 2.40. The fraction of sp³-hybridized carbons (Fsp3) is 0.333. The van der Waals surface area contributed by atoms with Gasteiger partial charge in [-0.25, -0.2) is 4.39 Å².